The Morgan fingerprint density at radius 2 is 1.94 bits per heavy atom. The minimum absolute atomic E-state index is 0.0579. The Hall–Kier alpha value is -0.380. The molecule has 6 heteroatoms. The number of hydrogen-bond acceptors (Lipinski definition) is 3. The predicted molar refractivity (Wildman–Crippen MR) is 74.6 cm³/mol. The lowest BCUT2D eigenvalue weighted by Gasteiger charge is -2.37. The topological polar surface area (TPSA) is 72.6 Å². The number of hydrogen-bond donors (Lipinski definition) is 1. The van der Waals surface area contributed by atoms with Gasteiger partial charge in [-0.25, -0.2) is 4.67 Å². The largest absolute Gasteiger partial charge is 0.369 e. The number of nitrogens with zero attached hydrogens (tertiary/aromatic N) is 1. The van der Waals surface area contributed by atoms with Crippen molar-refractivity contribution in [3.05, 3.63) is 0 Å². The summed E-state index contributed by atoms with van der Waals surface area (Å²) in [7, 11) is -1.44. The van der Waals surface area contributed by atoms with E-state index in [1.54, 1.807) is 7.05 Å². The maximum atomic E-state index is 12.9. The molecule has 18 heavy (non-hydrogen) atoms. The van der Waals surface area contributed by atoms with Crippen molar-refractivity contribution < 1.29 is 13.9 Å². The van der Waals surface area contributed by atoms with Gasteiger partial charge in [-0.05, 0) is 27.3 Å². The Balaban J connectivity index is 5.04. The molecule has 0 rings (SSSR count). The third-order valence-corrected chi connectivity index (χ3v) is 5.90. The first kappa shape index (κ1) is 17.6. The van der Waals surface area contributed by atoms with Gasteiger partial charge >= 0.3 is 0 Å². The van der Waals surface area contributed by atoms with Crippen LogP contribution in [0.15, 0.2) is 0 Å². The Bertz CT molecular complexity index is 329. The third-order valence-electron chi connectivity index (χ3n) is 2.74. The van der Waals surface area contributed by atoms with Crippen LogP contribution < -0.4 is 5.73 Å². The molecule has 0 aliphatic rings. The number of nitrogens with two attached hydrogens (primary N) is 1. The van der Waals surface area contributed by atoms with Crippen LogP contribution in [0.25, 0.3) is 0 Å². The lowest BCUT2D eigenvalue weighted by Crippen LogP contribution is -2.35. The van der Waals surface area contributed by atoms with Crippen LogP contribution in [0.2, 0.25) is 0 Å². The lowest BCUT2D eigenvalue weighted by atomic mass is 10.0. The van der Waals surface area contributed by atoms with Crippen LogP contribution in [0.3, 0.4) is 0 Å². The van der Waals surface area contributed by atoms with E-state index in [0.29, 0.717) is 0 Å². The molecule has 0 saturated carbocycles. The summed E-state index contributed by atoms with van der Waals surface area (Å²) in [5.41, 5.74) is 4.50. The minimum Gasteiger partial charge on any atom is -0.369 e. The van der Waals surface area contributed by atoms with Gasteiger partial charge in [0, 0.05) is 5.66 Å². The Morgan fingerprint density at radius 3 is 2.28 bits per heavy atom. The van der Waals surface area contributed by atoms with Crippen molar-refractivity contribution in [2.75, 3.05) is 13.6 Å². The summed E-state index contributed by atoms with van der Waals surface area (Å²) in [6.45, 7) is 9.50. The molecule has 0 spiro atoms. The van der Waals surface area contributed by atoms with Gasteiger partial charge in [0.25, 0.3) is 7.52 Å². The molecule has 0 aromatic rings. The van der Waals surface area contributed by atoms with Gasteiger partial charge in [0.05, 0.1) is 12.1 Å². The van der Waals surface area contributed by atoms with Crippen molar-refractivity contribution in [2.45, 2.75) is 58.7 Å². The molecule has 1 unspecified atom stereocenters. The SMILES string of the molecule is CCCC(C)(C)OP(=O)(C(C)C)N(C)CC(N)=O. The van der Waals surface area contributed by atoms with Crippen molar-refractivity contribution in [1.29, 1.82) is 0 Å². The first-order chi connectivity index (χ1) is 8.05. The maximum Gasteiger partial charge on any atom is 0.275 e. The van der Waals surface area contributed by atoms with Gasteiger partial charge in [-0.2, -0.15) is 0 Å². The summed E-state index contributed by atoms with van der Waals surface area (Å²) in [6.07, 6.45) is 1.76. The van der Waals surface area contributed by atoms with E-state index in [1.807, 2.05) is 27.7 Å². The Kier molecular flexibility index (Phi) is 6.55. The second-order valence-corrected chi connectivity index (χ2v) is 8.57. The van der Waals surface area contributed by atoms with Crippen LogP contribution in [0, 0.1) is 0 Å². The quantitative estimate of drug-likeness (QED) is 0.693. The highest BCUT2D eigenvalue weighted by Gasteiger charge is 2.38. The first-order valence-corrected chi connectivity index (χ1v) is 8.00. The van der Waals surface area contributed by atoms with E-state index in [4.69, 9.17) is 10.3 Å². The molecule has 0 aliphatic carbocycles. The zero-order chi connectivity index (χ0) is 14.6. The predicted octanol–water partition coefficient (Wildman–Crippen LogP) is 2.60. The number of likely N-dealkylation sites (N-methyl/N-ethyl adjacent to an activating group) is 1. The summed E-state index contributed by atoms with van der Waals surface area (Å²) in [4.78, 5) is 11.0. The van der Waals surface area contributed by atoms with Crippen LogP contribution in [0.4, 0.5) is 0 Å². The molecule has 0 radical (unpaired) electrons. The molecule has 1 atom stereocenters. The van der Waals surface area contributed by atoms with Gasteiger partial charge in [-0.1, -0.05) is 27.2 Å². The second kappa shape index (κ2) is 6.69. The molecule has 1 amide bonds. The number of carbonyl (C=O) groups excluding carboxylic acids is 1. The van der Waals surface area contributed by atoms with E-state index in [1.165, 1.54) is 4.67 Å². The molecule has 0 fully saturated rings. The summed E-state index contributed by atoms with van der Waals surface area (Å²) < 4.78 is 20.3. The van der Waals surface area contributed by atoms with Gasteiger partial charge in [-0.15, -0.1) is 0 Å². The zero-order valence-electron chi connectivity index (χ0n) is 12.4. The first-order valence-electron chi connectivity index (χ1n) is 6.35. The smallest absolute Gasteiger partial charge is 0.275 e. The molecule has 0 bridgehead atoms. The van der Waals surface area contributed by atoms with Gasteiger partial charge in [-0.3, -0.25) is 9.36 Å². The van der Waals surface area contributed by atoms with Crippen LogP contribution >= 0.6 is 7.52 Å². The number of rotatable bonds is 8. The highest BCUT2D eigenvalue weighted by atomic mass is 31.2. The Labute approximate surface area is 111 Å². The van der Waals surface area contributed by atoms with Crippen molar-refractivity contribution in [1.82, 2.24) is 4.67 Å². The zero-order valence-corrected chi connectivity index (χ0v) is 13.3. The normalized spacial score (nSPS) is 16.0. The summed E-state index contributed by atoms with van der Waals surface area (Å²) in [5, 5.41) is 0. The average molecular weight is 278 g/mol. The third kappa shape index (κ3) is 5.09. The summed E-state index contributed by atoms with van der Waals surface area (Å²) in [5.74, 6) is -0.504. The van der Waals surface area contributed by atoms with E-state index >= 15 is 0 Å². The summed E-state index contributed by atoms with van der Waals surface area (Å²) >= 11 is 0. The van der Waals surface area contributed by atoms with E-state index < -0.39 is 19.0 Å². The summed E-state index contributed by atoms with van der Waals surface area (Å²) in [6, 6.07) is 0. The van der Waals surface area contributed by atoms with E-state index in [0.717, 1.165) is 12.8 Å². The molecule has 0 aliphatic heterocycles. The average Bonchev–Trinajstić information content (AvgIpc) is 2.14. The van der Waals surface area contributed by atoms with Gasteiger partial charge in [0.2, 0.25) is 5.91 Å². The molecule has 108 valence electrons. The molecule has 2 N–H and O–H groups in total. The van der Waals surface area contributed by atoms with Crippen LogP contribution in [-0.4, -0.2) is 35.4 Å². The Morgan fingerprint density at radius 1 is 1.44 bits per heavy atom. The molecular formula is C12H27N2O3P. The maximum absolute atomic E-state index is 12.9. The second-order valence-electron chi connectivity index (χ2n) is 5.54. The fourth-order valence-corrected chi connectivity index (χ4v) is 4.17. The van der Waals surface area contributed by atoms with Crippen molar-refractivity contribution >= 4 is 13.4 Å². The lowest BCUT2D eigenvalue weighted by molar-refractivity contribution is -0.118. The number of primary amides is 1. The van der Waals surface area contributed by atoms with Gasteiger partial charge < -0.3 is 10.3 Å². The van der Waals surface area contributed by atoms with E-state index in [2.05, 4.69) is 6.92 Å². The standard InChI is InChI=1S/C12H27N2O3P/c1-7-8-12(4,5)17-18(16,10(2)3)14(6)9-11(13)15/h10H,7-9H2,1-6H3,(H2,13,15). The molecule has 0 aromatic carbocycles. The molecular weight excluding hydrogens is 251 g/mol. The number of amides is 1. The molecule has 5 nitrogen and oxygen atoms in total. The minimum atomic E-state index is -3.05. The van der Waals surface area contributed by atoms with Crippen LogP contribution in [0.1, 0.15) is 47.5 Å². The van der Waals surface area contributed by atoms with E-state index in [-0.39, 0.29) is 12.2 Å². The van der Waals surface area contributed by atoms with Crippen LogP contribution in [-0.2, 0) is 13.9 Å². The highest BCUT2D eigenvalue weighted by Crippen LogP contribution is 2.57. The molecule has 0 heterocycles. The van der Waals surface area contributed by atoms with Crippen molar-refractivity contribution in [2.24, 2.45) is 5.73 Å². The van der Waals surface area contributed by atoms with Crippen molar-refractivity contribution in [3.8, 4) is 0 Å². The fraction of sp³-hybridized carbons (Fsp3) is 0.917. The number of carbonyl (C=O) groups is 1. The van der Waals surface area contributed by atoms with E-state index in [9.17, 15) is 9.36 Å². The molecule has 0 saturated heterocycles. The van der Waals surface area contributed by atoms with Crippen LogP contribution in [0.5, 0.6) is 0 Å². The van der Waals surface area contributed by atoms with Gasteiger partial charge in [0.15, 0.2) is 0 Å². The molecule has 0 aromatic heterocycles. The van der Waals surface area contributed by atoms with Crippen molar-refractivity contribution in [3.63, 3.8) is 0 Å². The fourth-order valence-electron chi connectivity index (χ4n) is 1.90. The monoisotopic (exact) mass is 278 g/mol. The highest BCUT2D eigenvalue weighted by molar-refractivity contribution is 7.57. The van der Waals surface area contributed by atoms with Gasteiger partial charge in [0.1, 0.15) is 0 Å².